The van der Waals surface area contributed by atoms with E-state index in [2.05, 4.69) is 27.0 Å². The van der Waals surface area contributed by atoms with E-state index in [1.165, 1.54) is 23.0 Å². The van der Waals surface area contributed by atoms with E-state index in [-0.39, 0.29) is 44.5 Å². The number of nitrogens with one attached hydrogen (secondary N) is 1. The van der Waals surface area contributed by atoms with E-state index in [1.807, 2.05) is 25.1 Å². The normalized spacial score (nSPS) is 15.4. The molecule has 222 valence electrons. The van der Waals surface area contributed by atoms with Crippen LogP contribution in [0, 0.1) is 6.92 Å². The van der Waals surface area contributed by atoms with Crippen molar-refractivity contribution < 1.29 is 28.2 Å². The predicted molar refractivity (Wildman–Crippen MR) is 155 cm³/mol. The number of methoxy groups -OCH3 is 1. The van der Waals surface area contributed by atoms with Crippen LogP contribution in [-0.4, -0.2) is 84.0 Å². The number of amides is 1. The number of carbonyl (C=O) groups is 2. The van der Waals surface area contributed by atoms with Crippen LogP contribution in [0.5, 0.6) is 5.88 Å². The Bertz CT molecular complexity index is 1350. The van der Waals surface area contributed by atoms with E-state index < -0.39 is 18.4 Å². The molecule has 0 aliphatic carbocycles. The first-order valence-corrected chi connectivity index (χ1v) is 14.2. The monoisotopic (exact) mass is 568 g/mol. The Balaban J connectivity index is 1.58. The number of hydrogen-bond acceptors (Lipinski definition) is 7. The minimum absolute atomic E-state index is 0.135. The predicted octanol–water partition coefficient (Wildman–Crippen LogP) is 5.36. The molecule has 4 rings (SSSR count). The van der Waals surface area contributed by atoms with Gasteiger partial charge in [0.1, 0.15) is 12.2 Å². The summed E-state index contributed by atoms with van der Waals surface area (Å²) in [4.78, 5) is 36.6. The average molecular weight is 569 g/mol. The van der Waals surface area contributed by atoms with E-state index in [9.17, 15) is 14.0 Å². The lowest BCUT2D eigenvalue weighted by molar-refractivity contribution is -0.141. The molecule has 2 aromatic heterocycles. The first-order chi connectivity index (χ1) is 19.6. The zero-order valence-electron chi connectivity index (χ0n) is 24.7. The van der Waals surface area contributed by atoms with Gasteiger partial charge in [-0.3, -0.25) is 14.1 Å². The van der Waals surface area contributed by atoms with Crippen molar-refractivity contribution in [3.63, 3.8) is 0 Å². The van der Waals surface area contributed by atoms with Gasteiger partial charge in [0.25, 0.3) is 0 Å². The number of aromatic amines is 1. The SMILES string of the molecule is COC(=O)CCN1CCc2c([nH]c3ccccc23)C1c1ccnc(OCCN(CCCF)C(=O)OC(C)(C)C)c1C. The topological polar surface area (TPSA) is 97.0 Å². The molecule has 0 bridgehead atoms. The summed E-state index contributed by atoms with van der Waals surface area (Å²) in [5.74, 6) is 0.220. The number of esters is 1. The van der Waals surface area contributed by atoms with Crippen molar-refractivity contribution in [2.45, 2.75) is 58.6 Å². The van der Waals surface area contributed by atoms with Crippen molar-refractivity contribution in [3.05, 3.63) is 58.9 Å². The summed E-state index contributed by atoms with van der Waals surface area (Å²) >= 11 is 0. The quantitative estimate of drug-likeness (QED) is 0.311. The third-order valence-corrected chi connectivity index (χ3v) is 7.27. The lowest BCUT2D eigenvalue weighted by Gasteiger charge is -2.36. The van der Waals surface area contributed by atoms with Gasteiger partial charge >= 0.3 is 12.1 Å². The fourth-order valence-electron chi connectivity index (χ4n) is 5.32. The van der Waals surface area contributed by atoms with Gasteiger partial charge in [0.15, 0.2) is 0 Å². The highest BCUT2D eigenvalue weighted by atomic mass is 19.1. The second-order valence-electron chi connectivity index (χ2n) is 11.3. The van der Waals surface area contributed by atoms with E-state index in [0.29, 0.717) is 12.4 Å². The molecule has 10 heteroatoms. The fourth-order valence-corrected chi connectivity index (χ4v) is 5.32. The molecule has 1 aliphatic heterocycles. The third kappa shape index (κ3) is 7.35. The number of hydrogen-bond donors (Lipinski definition) is 1. The number of aromatic nitrogens is 2. The molecule has 1 aliphatic rings. The van der Waals surface area contributed by atoms with Gasteiger partial charge in [0.2, 0.25) is 5.88 Å². The number of fused-ring (bicyclic) bond motifs is 3. The first-order valence-electron chi connectivity index (χ1n) is 14.2. The molecule has 0 saturated heterocycles. The molecule has 1 atom stereocenters. The Kier molecular flexibility index (Phi) is 9.86. The summed E-state index contributed by atoms with van der Waals surface area (Å²) in [6, 6.07) is 10.1. The highest BCUT2D eigenvalue weighted by molar-refractivity contribution is 5.85. The molecule has 0 spiro atoms. The van der Waals surface area contributed by atoms with Crippen LogP contribution >= 0.6 is 0 Å². The highest BCUT2D eigenvalue weighted by Gasteiger charge is 2.33. The number of alkyl halides is 1. The van der Waals surface area contributed by atoms with Crippen molar-refractivity contribution in [1.29, 1.82) is 0 Å². The van der Waals surface area contributed by atoms with Gasteiger partial charge in [-0.2, -0.15) is 0 Å². The minimum Gasteiger partial charge on any atom is -0.476 e. The van der Waals surface area contributed by atoms with Crippen LogP contribution in [0.3, 0.4) is 0 Å². The zero-order chi connectivity index (χ0) is 29.6. The Morgan fingerprint density at radius 3 is 2.71 bits per heavy atom. The molecule has 1 amide bonds. The Hall–Kier alpha value is -3.66. The van der Waals surface area contributed by atoms with Crippen LogP contribution in [0.1, 0.15) is 62.0 Å². The number of H-pyrrole nitrogens is 1. The van der Waals surface area contributed by atoms with Gasteiger partial charge in [0.05, 0.1) is 32.8 Å². The Morgan fingerprint density at radius 1 is 1.20 bits per heavy atom. The Morgan fingerprint density at radius 2 is 1.98 bits per heavy atom. The molecule has 9 nitrogen and oxygen atoms in total. The maximum absolute atomic E-state index is 12.9. The maximum atomic E-state index is 12.9. The van der Waals surface area contributed by atoms with Crippen LogP contribution in [0.2, 0.25) is 0 Å². The van der Waals surface area contributed by atoms with Gasteiger partial charge in [-0.05, 0) is 63.8 Å². The number of ether oxygens (including phenoxy) is 3. The summed E-state index contributed by atoms with van der Waals surface area (Å²) in [5, 5.41) is 1.21. The number of nitrogens with zero attached hydrogens (tertiary/aromatic N) is 3. The van der Waals surface area contributed by atoms with E-state index in [4.69, 9.17) is 14.2 Å². The number of halogens is 1. The number of rotatable bonds is 11. The van der Waals surface area contributed by atoms with E-state index in [1.54, 1.807) is 27.0 Å². The minimum atomic E-state index is -0.653. The largest absolute Gasteiger partial charge is 0.476 e. The molecule has 1 aromatic carbocycles. The van der Waals surface area contributed by atoms with E-state index in [0.717, 1.165) is 35.3 Å². The van der Waals surface area contributed by atoms with Crippen LogP contribution < -0.4 is 4.74 Å². The van der Waals surface area contributed by atoms with Crippen LogP contribution in [0.15, 0.2) is 36.5 Å². The fraction of sp³-hybridized carbons (Fsp3) is 0.516. The molecule has 0 radical (unpaired) electrons. The van der Waals surface area contributed by atoms with Crippen molar-refractivity contribution in [2.24, 2.45) is 0 Å². The van der Waals surface area contributed by atoms with E-state index >= 15 is 0 Å². The number of para-hydroxylation sites is 1. The van der Waals surface area contributed by atoms with Gasteiger partial charge in [0, 0.05) is 48.0 Å². The molecule has 0 saturated carbocycles. The van der Waals surface area contributed by atoms with Crippen LogP contribution in [0.4, 0.5) is 9.18 Å². The third-order valence-electron chi connectivity index (χ3n) is 7.27. The van der Waals surface area contributed by atoms with Gasteiger partial charge in [-0.15, -0.1) is 0 Å². The summed E-state index contributed by atoms with van der Waals surface area (Å²) in [7, 11) is 1.41. The van der Waals surface area contributed by atoms with Crippen LogP contribution in [-0.2, 0) is 20.7 Å². The highest BCUT2D eigenvalue weighted by Crippen LogP contribution is 2.40. The second-order valence-corrected chi connectivity index (χ2v) is 11.3. The summed E-state index contributed by atoms with van der Waals surface area (Å²) < 4.78 is 29.4. The standard InChI is InChI=1S/C31H41FN4O5/c1-21-22(11-15-33-29(21)40-20-19-36(16-8-14-32)30(38)41-31(2,3)4)28-27-24(23-9-6-7-10-25(23)34-27)12-17-35(28)18-13-26(37)39-5/h6-7,9-11,15,28,34H,8,12-14,16-20H2,1-5H3. The molecule has 3 heterocycles. The van der Waals surface area contributed by atoms with Gasteiger partial charge in [-0.1, -0.05) is 18.2 Å². The van der Waals surface area contributed by atoms with Gasteiger partial charge in [-0.25, -0.2) is 9.78 Å². The van der Waals surface area contributed by atoms with Crippen LogP contribution in [0.25, 0.3) is 10.9 Å². The lowest BCUT2D eigenvalue weighted by atomic mass is 9.90. The second kappa shape index (κ2) is 13.3. The van der Waals surface area contributed by atoms with Crippen molar-refractivity contribution in [3.8, 4) is 5.88 Å². The van der Waals surface area contributed by atoms with Crippen molar-refractivity contribution in [1.82, 2.24) is 19.8 Å². The maximum Gasteiger partial charge on any atom is 0.410 e. The Labute approximate surface area is 241 Å². The molecule has 1 N–H and O–H groups in total. The summed E-state index contributed by atoms with van der Waals surface area (Å²) in [6.07, 6.45) is 2.60. The molecule has 0 fully saturated rings. The summed E-state index contributed by atoms with van der Waals surface area (Å²) in [6.45, 7) is 8.83. The molecular weight excluding hydrogens is 527 g/mol. The molecule has 41 heavy (non-hydrogen) atoms. The number of carbonyl (C=O) groups excluding carboxylic acids is 2. The average Bonchev–Trinajstić information content (AvgIpc) is 3.32. The molecular formula is C31H41FN4O5. The molecule has 3 aromatic rings. The van der Waals surface area contributed by atoms with Crippen molar-refractivity contribution >= 4 is 23.0 Å². The first kappa shape index (κ1) is 30.3. The van der Waals surface area contributed by atoms with Crippen molar-refractivity contribution in [2.75, 3.05) is 46.6 Å². The number of benzene rings is 1. The number of pyridine rings is 1. The smallest absolute Gasteiger partial charge is 0.410 e. The summed E-state index contributed by atoms with van der Waals surface area (Å²) in [5.41, 5.74) is 4.70. The van der Waals surface area contributed by atoms with Gasteiger partial charge < -0.3 is 24.1 Å². The molecule has 1 unspecified atom stereocenters. The lowest BCUT2D eigenvalue weighted by Crippen LogP contribution is -2.40. The zero-order valence-corrected chi connectivity index (χ0v) is 24.7.